The molecular formula is C26H27N5O2. The third-order valence-corrected chi connectivity index (χ3v) is 7.38. The molecule has 168 valence electrons. The lowest BCUT2D eigenvalue weighted by molar-refractivity contribution is -0.129. The zero-order valence-electron chi connectivity index (χ0n) is 18.6. The first-order chi connectivity index (χ1) is 16.2. The fraction of sp³-hybridized carbons (Fsp3) is 0.385. The van der Waals surface area contributed by atoms with Crippen molar-refractivity contribution in [3.8, 4) is 5.69 Å². The number of hydrogen-bond donors (Lipinski definition) is 0. The lowest BCUT2D eigenvalue weighted by Gasteiger charge is -2.26. The lowest BCUT2D eigenvalue weighted by atomic mass is 9.95. The van der Waals surface area contributed by atoms with Crippen molar-refractivity contribution >= 4 is 11.8 Å². The van der Waals surface area contributed by atoms with Gasteiger partial charge in [-0.05, 0) is 61.4 Å². The molecule has 2 amide bonds. The molecule has 2 atom stereocenters. The molecule has 2 unspecified atom stereocenters. The van der Waals surface area contributed by atoms with E-state index >= 15 is 0 Å². The number of rotatable bonds is 4. The average Bonchev–Trinajstić information content (AvgIpc) is 3.58. The fourth-order valence-corrected chi connectivity index (χ4v) is 5.72. The summed E-state index contributed by atoms with van der Waals surface area (Å²) in [6, 6.07) is 12.0. The smallest absolute Gasteiger partial charge is 0.255 e. The molecule has 3 aliphatic rings. The van der Waals surface area contributed by atoms with Gasteiger partial charge >= 0.3 is 0 Å². The van der Waals surface area contributed by atoms with E-state index in [1.54, 1.807) is 12.4 Å². The number of para-hydroxylation sites is 1. The fourth-order valence-electron chi connectivity index (χ4n) is 5.72. The molecule has 2 saturated heterocycles. The van der Waals surface area contributed by atoms with E-state index in [2.05, 4.69) is 10.1 Å². The summed E-state index contributed by atoms with van der Waals surface area (Å²) >= 11 is 0. The highest BCUT2D eigenvalue weighted by Crippen LogP contribution is 2.35. The molecule has 0 saturated carbocycles. The van der Waals surface area contributed by atoms with Crippen LogP contribution in [0.15, 0.2) is 55.0 Å². The average molecular weight is 442 g/mol. The first-order valence-corrected chi connectivity index (χ1v) is 11.9. The van der Waals surface area contributed by atoms with Crippen molar-refractivity contribution in [2.24, 2.45) is 0 Å². The molecule has 33 heavy (non-hydrogen) atoms. The van der Waals surface area contributed by atoms with Crippen molar-refractivity contribution in [2.75, 3.05) is 6.54 Å². The summed E-state index contributed by atoms with van der Waals surface area (Å²) in [7, 11) is 0. The molecule has 1 aromatic carbocycles. The van der Waals surface area contributed by atoms with Gasteiger partial charge in [0, 0.05) is 43.8 Å². The number of aryl methyl sites for hydroxylation is 2. The molecular weight excluding hydrogens is 414 g/mol. The van der Waals surface area contributed by atoms with E-state index in [-0.39, 0.29) is 23.9 Å². The van der Waals surface area contributed by atoms with Gasteiger partial charge in [0.05, 0.1) is 23.3 Å². The van der Waals surface area contributed by atoms with Crippen molar-refractivity contribution in [2.45, 2.75) is 57.2 Å². The van der Waals surface area contributed by atoms with Gasteiger partial charge in [0.2, 0.25) is 5.91 Å². The highest BCUT2D eigenvalue weighted by molar-refractivity contribution is 5.95. The molecule has 0 spiro atoms. The van der Waals surface area contributed by atoms with Crippen LogP contribution in [0.5, 0.6) is 0 Å². The molecule has 6 rings (SSSR count). The third-order valence-electron chi connectivity index (χ3n) is 7.38. The highest BCUT2D eigenvalue weighted by atomic mass is 16.2. The van der Waals surface area contributed by atoms with E-state index in [0.29, 0.717) is 25.1 Å². The van der Waals surface area contributed by atoms with Crippen LogP contribution in [0.4, 0.5) is 0 Å². The molecule has 4 heterocycles. The van der Waals surface area contributed by atoms with Gasteiger partial charge in [-0.25, -0.2) is 4.68 Å². The Bertz CT molecular complexity index is 1210. The van der Waals surface area contributed by atoms with E-state index in [1.807, 2.05) is 57.1 Å². The number of pyridine rings is 1. The Labute approximate surface area is 193 Å². The first-order valence-electron chi connectivity index (χ1n) is 11.9. The van der Waals surface area contributed by atoms with Crippen LogP contribution in [0.3, 0.4) is 0 Å². The third kappa shape index (κ3) is 3.52. The minimum atomic E-state index is -0.0714. The number of hydrogen-bond acceptors (Lipinski definition) is 4. The highest BCUT2D eigenvalue weighted by Gasteiger charge is 2.48. The summed E-state index contributed by atoms with van der Waals surface area (Å²) < 4.78 is 1.83. The van der Waals surface area contributed by atoms with Crippen LogP contribution in [0.2, 0.25) is 0 Å². The second-order valence-corrected chi connectivity index (χ2v) is 9.26. The number of likely N-dealkylation sites (tertiary alicyclic amines) is 2. The number of nitrogens with zero attached hydrogens (tertiary/aromatic N) is 5. The number of amides is 2. The van der Waals surface area contributed by atoms with Gasteiger partial charge in [0.25, 0.3) is 5.91 Å². The monoisotopic (exact) mass is 441 g/mol. The predicted octanol–water partition coefficient (Wildman–Crippen LogP) is 3.16. The van der Waals surface area contributed by atoms with Crippen molar-refractivity contribution in [1.82, 2.24) is 24.6 Å². The zero-order valence-corrected chi connectivity index (χ0v) is 18.6. The van der Waals surface area contributed by atoms with Crippen LogP contribution in [0.25, 0.3) is 5.69 Å². The van der Waals surface area contributed by atoms with Crippen LogP contribution in [0.1, 0.15) is 52.9 Å². The normalized spacial score (nSPS) is 21.9. The molecule has 3 aromatic rings. The summed E-state index contributed by atoms with van der Waals surface area (Å²) in [5, 5.41) is 4.36. The minimum Gasteiger partial charge on any atom is -0.333 e. The van der Waals surface area contributed by atoms with E-state index in [9.17, 15) is 9.59 Å². The molecule has 0 bridgehead atoms. The van der Waals surface area contributed by atoms with Crippen molar-refractivity contribution < 1.29 is 9.59 Å². The number of fused-ring (bicyclic) bond motifs is 2. The number of benzene rings is 1. The number of aromatic nitrogens is 3. The van der Waals surface area contributed by atoms with Gasteiger partial charge in [-0.3, -0.25) is 14.6 Å². The Morgan fingerprint density at radius 3 is 2.85 bits per heavy atom. The van der Waals surface area contributed by atoms with Crippen LogP contribution < -0.4 is 0 Å². The largest absolute Gasteiger partial charge is 0.333 e. The molecule has 1 aliphatic carbocycles. The number of carbonyl (C=O) groups excluding carboxylic acids is 2. The van der Waals surface area contributed by atoms with Gasteiger partial charge in [0.15, 0.2) is 0 Å². The van der Waals surface area contributed by atoms with Gasteiger partial charge in [-0.15, -0.1) is 0 Å². The summed E-state index contributed by atoms with van der Waals surface area (Å²) in [6.45, 7) is 1.20. The summed E-state index contributed by atoms with van der Waals surface area (Å²) in [4.78, 5) is 34.9. The Balaban J connectivity index is 1.22. The maximum atomic E-state index is 13.4. The Morgan fingerprint density at radius 2 is 1.97 bits per heavy atom. The van der Waals surface area contributed by atoms with E-state index in [4.69, 9.17) is 0 Å². The minimum absolute atomic E-state index is 0.00923. The standard InChI is InChI=1S/C26H27N5O2/c32-25-15-24-23(30(25)17-19-7-2-4-9-22(19)31-12-5-11-28-31)10-13-29(24)26(33)20-14-18-6-1-3-8-21(18)27-16-20/h2,4-5,7,9,11-12,14,16,23-24H,1,3,6,8,10,13,15,17H2. The van der Waals surface area contributed by atoms with Gasteiger partial charge in [-0.1, -0.05) is 18.2 Å². The second-order valence-electron chi connectivity index (χ2n) is 9.26. The molecule has 7 heteroatoms. The maximum Gasteiger partial charge on any atom is 0.255 e. The molecule has 7 nitrogen and oxygen atoms in total. The molecule has 0 radical (unpaired) electrons. The van der Waals surface area contributed by atoms with Gasteiger partial charge in [0.1, 0.15) is 0 Å². The second kappa shape index (κ2) is 8.14. The summed E-state index contributed by atoms with van der Waals surface area (Å²) in [5.74, 6) is 0.122. The van der Waals surface area contributed by atoms with Crippen LogP contribution >= 0.6 is 0 Å². The summed E-state index contributed by atoms with van der Waals surface area (Å²) in [5.41, 5.74) is 5.03. The summed E-state index contributed by atoms with van der Waals surface area (Å²) in [6.07, 6.45) is 10.9. The van der Waals surface area contributed by atoms with E-state index < -0.39 is 0 Å². The first kappa shape index (κ1) is 20.1. The van der Waals surface area contributed by atoms with E-state index in [0.717, 1.165) is 42.6 Å². The molecule has 2 fully saturated rings. The van der Waals surface area contributed by atoms with Crippen molar-refractivity contribution in [3.63, 3.8) is 0 Å². The quantitative estimate of drug-likeness (QED) is 0.624. The SMILES string of the molecule is O=C1CC2C(CCN2C(=O)c2cnc3c(c2)CCCC3)N1Cc1ccccc1-n1cccn1. The Kier molecular flexibility index (Phi) is 4.97. The van der Waals surface area contributed by atoms with Crippen LogP contribution in [0, 0.1) is 0 Å². The van der Waals surface area contributed by atoms with Crippen molar-refractivity contribution in [3.05, 3.63) is 77.4 Å². The maximum absolute atomic E-state index is 13.4. The topological polar surface area (TPSA) is 71.3 Å². The Hall–Kier alpha value is -3.48. The zero-order chi connectivity index (χ0) is 22.4. The van der Waals surface area contributed by atoms with E-state index in [1.165, 1.54) is 12.0 Å². The molecule has 0 N–H and O–H groups in total. The predicted molar refractivity (Wildman–Crippen MR) is 123 cm³/mol. The van der Waals surface area contributed by atoms with Gasteiger partial charge in [-0.2, -0.15) is 5.10 Å². The molecule has 2 aliphatic heterocycles. The van der Waals surface area contributed by atoms with Crippen LogP contribution in [-0.2, 0) is 24.2 Å². The lowest BCUT2D eigenvalue weighted by Crippen LogP contribution is -2.40. The molecule has 2 aromatic heterocycles. The Morgan fingerprint density at radius 1 is 1.09 bits per heavy atom. The number of carbonyl (C=O) groups is 2. The van der Waals surface area contributed by atoms with Crippen LogP contribution in [-0.4, -0.2) is 55.0 Å². The van der Waals surface area contributed by atoms with Gasteiger partial charge < -0.3 is 9.80 Å². The van der Waals surface area contributed by atoms with Crippen molar-refractivity contribution in [1.29, 1.82) is 0 Å².